The Hall–Kier alpha value is -2.53. The van der Waals surface area contributed by atoms with Gasteiger partial charge in [-0.3, -0.25) is 0 Å². The molecule has 0 saturated carbocycles. The molecule has 0 radical (unpaired) electrons. The van der Waals surface area contributed by atoms with Crippen LogP contribution in [-0.2, 0) is 6.54 Å². The van der Waals surface area contributed by atoms with Crippen LogP contribution in [0, 0.1) is 6.92 Å². The maximum atomic E-state index is 6.11. The van der Waals surface area contributed by atoms with Gasteiger partial charge in [-0.05, 0) is 42.8 Å². The van der Waals surface area contributed by atoms with Crippen molar-refractivity contribution in [3.8, 4) is 0 Å². The summed E-state index contributed by atoms with van der Waals surface area (Å²) in [4.78, 5) is 8.60. The first-order chi connectivity index (χ1) is 10.7. The van der Waals surface area contributed by atoms with Gasteiger partial charge in [-0.1, -0.05) is 17.7 Å². The Labute approximate surface area is 133 Å². The Balaban J connectivity index is 1.69. The van der Waals surface area contributed by atoms with E-state index in [4.69, 9.17) is 16.0 Å². The number of aryl methyl sites for hydroxylation is 1. The highest BCUT2D eigenvalue weighted by molar-refractivity contribution is 6.31. The maximum absolute atomic E-state index is 6.11. The van der Waals surface area contributed by atoms with Crippen LogP contribution in [0.2, 0.25) is 5.02 Å². The zero-order chi connectivity index (χ0) is 15.4. The number of benzene rings is 1. The molecule has 2 heterocycles. The van der Waals surface area contributed by atoms with Crippen molar-refractivity contribution in [3.05, 3.63) is 65.2 Å². The molecule has 0 bridgehead atoms. The molecule has 0 aliphatic rings. The van der Waals surface area contributed by atoms with E-state index in [0.717, 1.165) is 17.0 Å². The van der Waals surface area contributed by atoms with Crippen molar-refractivity contribution in [2.45, 2.75) is 13.5 Å². The van der Waals surface area contributed by atoms with Gasteiger partial charge in [0.05, 0.1) is 12.8 Å². The third-order valence-electron chi connectivity index (χ3n) is 3.11. The quantitative estimate of drug-likeness (QED) is 0.731. The molecule has 0 amide bonds. The van der Waals surface area contributed by atoms with E-state index >= 15 is 0 Å². The first kappa shape index (κ1) is 14.4. The minimum Gasteiger partial charge on any atom is -0.467 e. The number of hydrogen-bond acceptors (Lipinski definition) is 5. The third kappa shape index (κ3) is 3.56. The lowest BCUT2D eigenvalue weighted by molar-refractivity contribution is 0.518. The highest BCUT2D eigenvalue weighted by Crippen LogP contribution is 2.22. The van der Waals surface area contributed by atoms with Gasteiger partial charge in [-0.25, -0.2) is 4.98 Å². The number of furan rings is 1. The summed E-state index contributed by atoms with van der Waals surface area (Å²) in [5.41, 5.74) is 1.88. The molecule has 2 N–H and O–H groups in total. The Morgan fingerprint density at radius 2 is 2.14 bits per heavy atom. The van der Waals surface area contributed by atoms with Gasteiger partial charge in [0.2, 0.25) is 5.95 Å². The van der Waals surface area contributed by atoms with Gasteiger partial charge >= 0.3 is 0 Å². The molecule has 0 aliphatic carbocycles. The number of nitrogens with zero attached hydrogens (tertiary/aromatic N) is 2. The van der Waals surface area contributed by atoms with Crippen LogP contribution in [0.15, 0.2) is 53.3 Å². The van der Waals surface area contributed by atoms with E-state index < -0.39 is 0 Å². The second-order valence-corrected chi connectivity index (χ2v) is 5.19. The summed E-state index contributed by atoms with van der Waals surface area (Å²) in [5.74, 6) is 2.06. The summed E-state index contributed by atoms with van der Waals surface area (Å²) in [7, 11) is 0. The van der Waals surface area contributed by atoms with Gasteiger partial charge < -0.3 is 15.1 Å². The molecule has 0 unspecified atom stereocenters. The summed E-state index contributed by atoms with van der Waals surface area (Å²) >= 11 is 6.11. The minimum absolute atomic E-state index is 0.504. The normalized spacial score (nSPS) is 10.5. The van der Waals surface area contributed by atoms with Crippen molar-refractivity contribution in [3.63, 3.8) is 0 Å². The van der Waals surface area contributed by atoms with Gasteiger partial charge in [0, 0.05) is 16.9 Å². The van der Waals surface area contributed by atoms with E-state index in [-0.39, 0.29) is 0 Å². The first-order valence-corrected chi connectivity index (χ1v) is 7.21. The molecular weight excluding hydrogens is 300 g/mol. The molecule has 112 valence electrons. The SMILES string of the molecule is Cc1ccc(Nc2nccc(NCc3ccco3)n2)cc1Cl. The fraction of sp³-hybridized carbons (Fsp3) is 0.125. The highest BCUT2D eigenvalue weighted by Gasteiger charge is 2.03. The predicted molar refractivity (Wildman–Crippen MR) is 87.5 cm³/mol. The lowest BCUT2D eigenvalue weighted by Crippen LogP contribution is -2.03. The molecule has 0 aliphatic heterocycles. The third-order valence-corrected chi connectivity index (χ3v) is 3.51. The van der Waals surface area contributed by atoms with Crippen LogP contribution in [0.5, 0.6) is 0 Å². The Kier molecular flexibility index (Phi) is 4.25. The Morgan fingerprint density at radius 3 is 2.91 bits per heavy atom. The van der Waals surface area contributed by atoms with Gasteiger partial charge in [0.15, 0.2) is 0 Å². The van der Waals surface area contributed by atoms with E-state index in [1.807, 2.05) is 37.3 Å². The highest BCUT2D eigenvalue weighted by atomic mass is 35.5. The minimum atomic E-state index is 0.504. The van der Waals surface area contributed by atoms with Crippen LogP contribution in [0.3, 0.4) is 0 Å². The van der Waals surface area contributed by atoms with Gasteiger partial charge in [-0.15, -0.1) is 0 Å². The molecule has 6 heteroatoms. The monoisotopic (exact) mass is 314 g/mol. The fourth-order valence-corrected chi connectivity index (χ4v) is 2.09. The zero-order valence-electron chi connectivity index (χ0n) is 12.0. The van der Waals surface area contributed by atoms with Crippen LogP contribution in [-0.4, -0.2) is 9.97 Å². The topological polar surface area (TPSA) is 63.0 Å². The van der Waals surface area contributed by atoms with Crippen LogP contribution >= 0.6 is 11.6 Å². The van der Waals surface area contributed by atoms with Crippen molar-refractivity contribution in [2.24, 2.45) is 0 Å². The Morgan fingerprint density at radius 1 is 1.23 bits per heavy atom. The predicted octanol–water partition coefficient (Wildman–Crippen LogP) is 4.39. The van der Waals surface area contributed by atoms with Crippen LogP contribution in [0.4, 0.5) is 17.5 Å². The van der Waals surface area contributed by atoms with E-state index in [0.29, 0.717) is 23.3 Å². The van der Waals surface area contributed by atoms with Gasteiger partial charge in [0.1, 0.15) is 11.6 Å². The number of hydrogen-bond donors (Lipinski definition) is 2. The van der Waals surface area contributed by atoms with E-state index in [2.05, 4.69) is 20.6 Å². The molecule has 3 rings (SSSR count). The molecule has 0 atom stereocenters. The van der Waals surface area contributed by atoms with Crippen LogP contribution < -0.4 is 10.6 Å². The average Bonchev–Trinajstić information content (AvgIpc) is 3.03. The summed E-state index contributed by atoms with van der Waals surface area (Å²) < 4.78 is 5.27. The second kappa shape index (κ2) is 6.49. The lowest BCUT2D eigenvalue weighted by Gasteiger charge is -2.08. The van der Waals surface area contributed by atoms with Crippen molar-refractivity contribution < 1.29 is 4.42 Å². The number of halogens is 1. The number of aromatic nitrogens is 2. The van der Waals surface area contributed by atoms with Crippen molar-refractivity contribution in [1.82, 2.24) is 9.97 Å². The molecule has 0 fully saturated rings. The Bertz CT molecular complexity index is 759. The van der Waals surface area contributed by atoms with Gasteiger partial charge in [-0.2, -0.15) is 4.98 Å². The van der Waals surface area contributed by atoms with Gasteiger partial charge in [0.25, 0.3) is 0 Å². The summed E-state index contributed by atoms with van der Waals surface area (Å²) in [5, 5.41) is 7.02. The number of rotatable bonds is 5. The van der Waals surface area contributed by atoms with E-state index in [1.165, 1.54) is 0 Å². The van der Waals surface area contributed by atoms with E-state index in [1.54, 1.807) is 18.5 Å². The molecule has 0 saturated heterocycles. The van der Waals surface area contributed by atoms with Crippen LogP contribution in [0.25, 0.3) is 0 Å². The molecule has 22 heavy (non-hydrogen) atoms. The number of anilines is 3. The maximum Gasteiger partial charge on any atom is 0.229 e. The smallest absolute Gasteiger partial charge is 0.229 e. The molecular formula is C16H15ClN4O. The lowest BCUT2D eigenvalue weighted by atomic mass is 10.2. The van der Waals surface area contributed by atoms with E-state index in [9.17, 15) is 0 Å². The zero-order valence-corrected chi connectivity index (χ0v) is 12.8. The van der Waals surface area contributed by atoms with Crippen molar-refractivity contribution in [2.75, 3.05) is 10.6 Å². The molecule has 2 aromatic heterocycles. The second-order valence-electron chi connectivity index (χ2n) is 4.79. The van der Waals surface area contributed by atoms with Crippen molar-refractivity contribution >= 4 is 29.1 Å². The summed E-state index contributed by atoms with van der Waals surface area (Å²) in [6.07, 6.45) is 3.33. The first-order valence-electron chi connectivity index (χ1n) is 6.83. The average molecular weight is 315 g/mol. The molecule has 3 aromatic rings. The largest absolute Gasteiger partial charge is 0.467 e. The summed E-state index contributed by atoms with van der Waals surface area (Å²) in [6.45, 7) is 2.53. The molecule has 1 aromatic carbocycles. The summed E-state index contributed by atoms with van der Waals surface area (Å²) in [6, 6.07) is 11.3. The van der Waals surface area contributed by atoms with Crippen LogP contribution in [0.1, 0.15) is 11.3 Å². The standard InChI is InChI=1S/C16H15ClN4O/c1-11-4-5-12(9-14(11)17)20-16-18-7-6-15(21-16)19-10-13-3-2-8-22-13/h2-9H,10H2,1H3,(H2,18,19,20,21). The number of nitrogens with one attached hydrogen (secondary N) is 2. The van der Waals surface area contributed by atoms with Crippen molar-refractivity contribution in [1.29, 1.82) is 0 Å². The fourth-order valence-electron chi connectivity index (χ4n) is 1.91. The molecule has 0 spiro atoms. The molecule has 5 nitrogen and oxygen atoms in total.